The highest BCUT2D eigenvalue weighted by Gasteiger charge is 2.38. The van der Waals surface area contributed by atoms with Crippen LogP contribution in [0.25, 0.3) is 11.6 Å². The topological polar surface area (TPSA) is 240 Å². The smallest absolute Gasteiger partial charge is 0.419 e. The zero-order valence-electron chi connectivity index (χ0n) is 40.9. The van der Waals surface area contributed by atoms with Crippen molar-refractivity contribution in [3.8, 4) is 23.1 Å². The van der Waals surface area contributed by atoms with Crippen LogP contribution in [0.3, 0.4) is 0 Å². The van der Waals surface area contributed by atoms with Crippen LogP contribution in [0.1, 0.15) is 64.6 Å². The van der Waals surface area contributed by atoms with Gasteiger partial charge in [-0.1, -0.05) is 35.5 Å². The van der Waals surface area contributed by atoms with E-state index in [4.69, 9.17) is 28.6 Å². The summed E-state index contributed by atoms with van der Waals surface area (Å²) in [6.07, 6.45) is -7.56. The van der Waals surface area contributed by atoms with Gasteiger partial charge in [-0.3, -0.25) is 4.79 Å². The highest BCUT2D eigenvalue weighted by atomic mass is 79.9. The predicted molar refractivity (Wildman–Crippen MR) is 266 cm³/mol. The quantitative estimate of drug-likeness (QED) is 0.0826. The minimum absolute atomic E-state index is 0.0639. The molecule has 4 aromatic heterocycles. The zero-order valence-corrected chi connectivity index (χ0v) is 42.5. The second kappa shape index (κ2) is 23.7. The monoisotopic (exact) mass is 1150 g/mol. The number of alkyl halides is 6. The molecule has 7 aromatic rings. The van der Waals surface area contributed by atoms with Crippen molar-refractivity contribution in [3.63, 3.8) is 0 Å². The van der Waals surface area contributed by atoms with Gasteiger partial charge in [-0.25, -0.2) is 4.39 Å². The van der Waals surface area contributed by atoms with Crippen molar-refractivity contribution in [1.29, 1.82) is 0 Å². The fourth-order valence-corrected chi connectivity index (χ4v) is 8.79. The van der Waals surface area contributed by atoms with Crippen molar-refractivity contribution in [2.24, 2.45) is 16.1 Å². The molecule has 0 aliphatic carbocycles. The van der Waals surface area contributed by atoms with E-state index in [1.54, 1.807) is 36.4 Å². The summed E-state index contributed by atoms with van der Waals surface area (Å²) in [6, 6.07) is 21.8. The number of rotatable bonds is 13. The maximum Gasteiger partial charge on any atom is 0.419 e. The van der Waals surface area contributed by atoms with E-state index in [1.807, 2.05) is 9.80 Å². The number of nitrogens with zero attached hydrogens (tertiary/aromatic N) is 13. The third-order valence-corrected chi connectivity index (χ3v) is 13.1. The molecule has 28 heteroatoms. The lowest BCUT2D eigenvalue weighted by molar-refractivity contribution is -0.139. The maximum absolute atomic E-state index is 13.4. The number of amidine groups is 1. The van der Waals surface area contributed by atoms with Gasteiger partial charge in [-0.2, -0.15) is 31.3 Å². The molecule has 0 spiro atoms. The molecular formula is C50H45BrF7N13O7. The molecule has 78 heavy (non-hydrogen) atoms. The summed E-state index contributed by atoms with van der Waals surface area (Å²) in [6.45, 7) is 4.16. The zero-order chi connectivity index (χ0) is 55.1. The number of anilines is 2. The molecule has 4 aliphatic rings. The molecule has 8 heterocycles. The number of ether oxygens (including phenoxy) is 2. The molecule has 20 nitrogen and oxygen atoms in total. The number of aliphatic hydroxyl groups excluding tert-OH is 2. The van der Waals surface area contributed by atoms with Crippen LogP contribution in [0.4, 0.5) is 42.4 Å². The van der Waals surface area contributed by atoms with Crippen LogP contribution in [0, 0.1) is 11.7 Å². The molecule has 11 rings (SSSR count). The van der Waals surface area contributed by atoms with Crippen LogP contribution < -0.4 is 19.3 Å². The fraction of sp³-hybridized carbons (Fsp3) is 0.340. The Morgan fingerprint density at radius 1 is 0.718 bits per heavy atom. The molecule has 3 fully saturated rings. The van der Waals surface area contributed by atoms with Crippen LogP contribution >= 0.6 is 15.9 Å². The number of likely N-dealkylation sites (tertiary alicyclic amines) is 1. The third kappa shape index (κ3) is 13.4. The normalized spacial score (nSPS) is 16.6. The first kappa shape index (κ1) is 54.8. The maximum atomic E-state index is 13.4. The number of hydrogen-bond donors (Lipinski definition) is 2. The highest BCUT2D eigenvalue weighted by molar-refractivity contribution is 9.10. The van der Waals surface area contributed by atoms with E-state index in [1.165, 1.54) is 49.4 Å². The molecule has 2 N–H and O–H groups in total. The van der Waals surface area contributed by atoms with Crippen LogP contribution in [0.2, 0.25) is 0 Å². The number of ketones is 1. The predicted octanol–water partition coefficient (Wildman–Crippen LogP) is 7.81. The molecule has 0 unspecified atom stereocenters. The molecule has 0 bridgehead atoms. The van der Waals surface area contributed by atoms with Crippen molar-refractivity contribution in [3.05, 3.63) is 141 Å². The standard InChI is InChI=1S/C18H16F3N5O2.C16H15BrFN5O3.C16H14F3N3O2/c19-18(20,21)13-4-2-1-3-12(13)7-11-8-26(9-11)15-6-5-14(22-23-15)17-25-24-16(10-27)28-17;17-11-2-1-9(18)5-13(11)25-10-3-4-23(7-10)14-6-12(20-21-14)16-19-15(8-24)26-22-16;1-10(23)13-6-7-15(21-20-13)22-8-11(9-22)24-14-5-3-2-4-12(14)16(17,18)19/h1-6,11,27H,7-10H2;1-2,5,10,24H,3-4,6-8H2;2-7,11H,8-9H2,1H3/t;10-;/m.0./s1. The number of Topliss-reactive ketones (excluding diaryl/α,β-unsaturated/α-hetero) is 1. The fourth-order valence-electron chi connectivity index (χ4n) is 8.44. The van der Waals surface area contributed by atoms with E-state index in [0.29, 0.717) is 85.7 Å². The second-order valence-electron chi connectivity index (χ2n) is 18.0. The van der Waals surface area contributed by atoms with Gasteiger partial charge in [0.15, 0.2) is 17.4 Å². The van der Waals surface area contributed by atoms with E-state index in [9.17, 15) is 35.5 Å². The van der Waals surface area contributed by atoms with Gasteiger partial charge < -0.3 is 43.3 Å². The average molecular weight is 1150 g/mol. The van der Waals surface area contributed by atoms with E-state index in [2.05, 4.69) is 71.8 Å². The molecule has 0 saturated carbocycles. The third-order valence-electron chi connectivity index (χ3n) is 12.4. The molecule has 1 atom stereocenters. The summed E-state index contributed by atoms with van der Waals surface area (Å²) in [4.78, 5) is 21.0. The largest absolute Gasteiger partial charge is 0.487 e. The summed E-state index contributed by atoms with van der Waals surface area (Å²) in [7, 11) is 0. The van der Waals surface area contributed by atoms with E-state index < -0.39 is 23.5 Å². The van der Waals surface area contributed by atoms with E-state index >= 15 is 0 Å². The Labute approximate surface area is 446 Å². The van der Waals surface area contributed by atoms with Gasteiger partial charge in [0.05, 0.1) is 41.7 Å². The van der Waals surface area contributed by atoms with Crippen LogP contribution in [0.15, 0.2) is 115 Å². The van der Waals surface area contributed by atoms with Crippen molar-refractivity contribution in [1.82, 2.24) is 45.6 Å². The molecule has 4 aliphatic heterocycles. The molecule has 3 aromatic carbocycles. The number of hydrogen-bond acceptors (Lipinski definition) is 20. The van der Waals surface area contributed by atoms with E-state index in [-0.39, 0.29) is 72.1 Å². The van der Waals surface area contributed by atoms with Crippen molar-refractivity contribution in [2.45, 2.75) is 64.0 Å². The van der Waals surface area contributed by atoms with Gasteiger partial charge in [0.2, 0.25) is 11.7 Å². The SMILES string of the molecule is CC(=O)c1ccc(N2CC(Oc3ccccc3C(F)(F)F)C2)nn1.OCc1nc(C2=NN=C(N3CC[C@H](Oc4cc(F)ccc4Br)C3)C2)no1.OCc1nnc(-c2ccc(N3CC(Cc4ccccc4C(F)(F)F)C3)nn2)o1. The Morgan fingerprint density at radius 2 is 1.38 bits per heavy atom. The number of para-hydroxylation sites is 1. The minimum atomic E-state index is -4.45. The lowest BCUT2D eigenvalue weighted by Gasteiger charge is -2.40. The summed E-state index contributed by atoms with van der Waals surface area (Å²) in [5, 5.41) is 53.4. The van der Waals surface area contributed by atoms with Crippen LogP contribution in [-0.2, 0) is 32.0 Å². The van der Waals surface area contributed by atoms with Gasteiger partial charge >= 0.3 is 12.4 Å². The average Bonchev–Trinajstić information content (AvgIpc) is 4.30. The molecule has 0 amide bonds. The number of halogens is 8. The summed E-state index contributed by atoms with van der Waals surface area (Å²) < 4.78 is 114. The van der Waals surface area contributed by atoms with Crippen LogP contribution in [0.5, 0.6) is 11.5 Å². The second-order valence-corrected chi connectivity index (χ2v) is 18.9. The van der Waals surface area contributed by atoms with Crippen molar-refractivity contribution < 1.29 is 64.2 Å². The Hall–Kier alpha value is -7.98. The first-order chi connectivity index (χ1) is 37.4. The molecule has 3 saturated heterocycles. The van der Waals surface area contributed by atoms with Crippen LogP contribution in [-0.4, -0.2) is 125 Å². The Kier molecular flexibility index (Phi) is 16.7. The number of carbonyl (C=O) groups excluding carboxylic acids is 1. The van der Waals surface area contributed by atoms with Crippen molar-refractivity contribution in [2.75, 3.05) is 49.1 Å². The Morgan fingerprint density at radius 3 is 2.04 bits per heavy atom. The lowest BCUT2D eigenvalue weighted by Crippen LogP contribution is -2.54. The summed E-state index contributed by atoms with van der Waals surface area (Å²) in [5.41, 5.74) is 0.213. The summed E-state index contributed by atoms with van der Waals surface area (Å²) in [5.74, 6) is 2.65. The van der Waals surface area contributed by atoms with Gasteiger partial charge in [0.25, 0.3) is 11.8 Å². The van der Waals surface area contributed by atoms with E-state index in [0.717, 1.165) is 35.4 Å². The lowest BCUT2D eigenvalue weighted by atomic mass is 9.90. The summed E-state index contributed by atoms with van der Waals surface area (Å²) >= 11 is 3.37. The first-order valence-electron chi connectivity index (χ1n) is 23.9. The number of aromatic nitrogens is 8. The van der Waals surface area contributed by atoms with Gasteiger partial charge in [0.1, 0.15) is 65.7 Å². The number of carbonyl (C=O) groups is 1. The van der Waals surface area contributed by atoms with Gasteiger partial charge in [0, 0.05) is 39.0 Å². The highest BCUT2D eigenvalue weighted by Crippen LogP contribution is 2.38. The molecule has 408 valence electrons. The first-order valence-corrected chi connectivity index (χ1v) is 24.7. The molecular weight excluding hydrogens is 1110 g/mol. The minimum Gasteiger partial charge on any atom is -0.487 e. The Bertz CT molecular complexity index is 3260. The van der Waals surface area contributed by atoms with Crippen molar-refractivity contribution >= 4 is 44.9 Å². The molecule has 0 radical (unpaired) electrons. The Balaban J connectivity index is 0.000000143. The van der Waals surface area contributed by atoms with Gasteiger partial charge in [-0.05, 0) is 88.4 Å². The number of aliphatic hydroxyl groups is 2. The number of benzene rings is 3. The van der Waals surface area contributed by atoms with Gasteiger partial charge in [-0.15, -0.1) is 40.8 Å².